The minimum absolute atomic E-state index is 0.260. The van der Waals surface area contributed by atoms with Gasteiger partial charge in [0, 0.05) is 0 Å². The van der Waals surface area contributed by atoms with E-state index in [1.807, 2.05) is 43.3 Å². The predicted octanol–water partition coefficient (Wildman–Crippen LogP) is 3.89. The molecule has 0 saturated carbocycles. The van der Waals surface area contributed by atoms with E-state index in [0.29, 0.717) is 19.4 Å². The van der Waals surface area contributed by atoms with Crippen LogP contribution >= 0.6 is 0 Å². The van der Waals surface area contributed by atoms with E-state index in [-0.39, 0.29) is 5.92 Å². The lowest BCUT2D eigenvalue weighted by molar-refractivity contribution is -0.142. The molecule has 1 aromatic carbocycles. The number of hydrogen-bond acceptors (Lipinski definition) is 3. The molecule has 5 nitrogen and oxygen atoms in total. The number of aromatic nitrogens is 2. The summed E-state index contributed by atoms with van der Waals surface area (Å²) in [6.45, 7) is 2.35. The number of carbonyl (C=O) groups is 1. The monoisotopic (exact) mass is 314 g/mol. The lowest BCUT2D eigenvalue weighted by Crippen LogP contribution is -2.11. The van der Waals surface area contributed by atoms with Crippen molar-refractivity contribution in [2.45, 2.75) is 32.8 Å². The Bertz CT molecular complexity index is 635. The SMILES string of the molecule is CCC(CCC=Cc1cccc(OCc2cnc[nH]2)c1)C(=O)O. The molecule has 1 heterocycles. The van der Waals surface area contributed by atoms with Crippen LogP contribution in [0.25, 0.3) is 6.08 Å². The van der Waals surface area contributed by atoms with Crippen molar-refractivity contribution in [1.29, 1.82) is 0 Å². The zero-order chi connectivity index (χ0) is 16.5. The first-order valence-corrected chi connectivity index (χ1v) is 7.78. The Balaban J connectivity index is 1.84. The van der Waals surface area contributed by atoms with Crippen LogP contribution in [0.1, 0.15) is 37.4 Å². The van der Waals surface area contributed by atoms with Crippen LogP contribution in [0.2, 0.25) is 0 Å². The van der Waals surface area contributed by atoms with Gasteiger partial charge in [0.2, 0.25) is 0 Å². The summed E-state index contributed by atoms with van der Waals surface area (Å²) in [4.78, 5) is 17.9. The number of allylic oxidation sites excluding steroid dienone is 1. The molecule has 23 heavy (non-hydrogen) atoms. The molecule has 0 aliphatic heterocycles. The van der Waals surface area contributed by atoms with Crippen molar-refractivity contribution < 1.29 is 14.6 Å². The van der Waals surface area contributed by atoms with Crippen molar-refractivity contribution in [3.05, 3.63) is 54.1 Å². The van der Waals surface area contributed by atoms with Crippen molar-refractivity contribution in [2.24, 2.45) is 5.92 Å². The van der Waals surface area contributed by atoms with Gasteiger partial charge >= 0.3 is 5.97 Å². The average Bonchev–Trinajstić information content (AvgIpc) is 3.06. The molecule has 0 aliphatic carbocycles. The molecule has 2 aromatic rings. The highest BCUT2D eigenvalue weighted by Gasteiger charge is 2.12. The fraction of sp³-hybridized carbons (Fsp3) is 0.333. The van der Waals surface area contributed by atoms with Gasteiger partial charge in [0.25, 0.3) is 0 Å². The Labute approximate surface area is 136 Å². The highest BCUT2D eigenvalue weighted by atomic mass is 16.5. The number of nitrogens with one attached hydrogen (secondary N) is 1. The summed E-state index contributed by atoms with van der Waals surface area (Å²) in [7, 11) is 0. The summed E-state index contributed by atoms with van der Waals surface area (Å²) in [5.41, 5.74) is 1.96. The van der Waals surface area contributed by atoms with Crippen molar-refractivity contribution in [1.82, 2.24) is 9.97 Å². The Hall–Kier alpha value is -2.56. The van der Waals surface area contributed by atoms with Crippen molar-refractivity contribution >= 4 is 12.0 Å². The van der Waals surface area contributed by atoms with E-state index in [1.165, 1.54) is 0 Å². The lowest BCUT2D eigenvalue weighted by Gasteiger charge is -2.07. The summed E-state index contributed by atoms with van der Waals surface area (Å²) >= 11 is 0. The first kappa shape index (κ1) is 16.8. The Kier molecular flexibility index (Phi) is 6.41. The number of aromatic amines is 1. The van der Waals surface area contributed by atoms with Crippen LogP contribution in [0, 0.1) is 5.92 Å². The van der Waals surface area contributed by atoms with Crippen LogP contribution < -0.4 is 4.74 Å². The molecule has 1 unspecified atom stereocenters. The fourth-order valence-electron chi connectivity index (χ4n) is 2.25. The second-order valence-corrected chi connectivity index (χ2v) is 5.36. The molecular weight excluding hydrogens is 292 g/mol. The summed E-state index contributed by atoms with van der Waals surface area (Å²) < 4.78 is 5.70. The van der Waals surface area contributed by atoms with Gasteiger partial charge in [-0.2, -0.15) is 0 Å². The van der Waals surface area contributed by atoms with Gasteiger partial charge in [0.05, 0.1) is 24.1 Å². The molecule has 0 bridgehead atoms. The van der Waals surface area contributed by atoms with Crippen LogP contribution in [0.15, 0.2) is 42.9 Å². The Morgan fingerprint density at radius 1 is 1.48 bits per heavy atom. The number of carboxylic acid groups (broad SMARTS) is 1. The van der Waals surface area contributed by atoms with Gasteiger partial charge in [0.15, 0.2) is 0 Å². The molecule has 2 N–H and O–H groups in total. The summed E-state index contributed by atoms with van der Waals surface area (Å²) in [6, 6.07) is 7.80. The largest absolute Gasteiger partial charge is 0.487 e. The van der Waals surface area contributed by atoms with Gasteiger partial charge in [-0.15, -0.1) is 0 Å². The van der Waals surface area contributed by atoms with Gasteiger partial charge in [-0.25, -0.2) is 4.98 Å². The van der Waals surface area contributed by atoms with E-state index in [0.717, 1.165) is 23.4 Å². The number of rotatable bonds is 9. The van der Waals surface area contributed by atoms with Crippen molar-refractivity contribution in [3.8, 4) is 5.75 Å². The first-order chi connectivity index (χ1) is 11.2. The molecule has 0 aliphatic rings. The molecule has 0 saturated heterocycles. The van der Waals surface area contributed by atoms with E-state index in [2.05, 4.69) is 9.97 Å². The number of benzene rings is 1. The smallest absolute Gasteiger partial charge is 0.306 e. The highest BCUT2D eigenvalue weighted by molar-refractivity contribution is 5.69. The molecule has 1 atom stereocenters. The number of ether oxygens (including phenoxy) is 1. The van der Waals surface area contributed by atoms with Gasteiger partial charge in [0.1, 0.15) is 12.4 Å². The summed E-state index contributed by atoms with van der Waals surface area (Å²) in [5, 5.41) is 9.02. The maximum atomic E-state index is 11.0. The molecule has 0 amide bonds. The quantitative estimate of drug-likeness (QED) is 0.736. The lowest BCUT2D eigenvalue weighted by atomic mass is 10.0. The fourth-order valence-corrected chi connectivity index (χ4v) is 2.25. The van der Waals surface area contributed by atoms with Crippen LogP contribution in [-0.2, 0) is 11.4 Å². The first-order valence-electron chi connectivity index (χ1n) is 7.78. The zero-order valence-electron chi connectivity index (χ0n) is 13.2. The average molecular weight is 314 g/mol. The minimum atomic E-state index is -0.713. The van der Waals surface area contributed by atoms with E-state index in [9.17, 15) is 4.79 Å². The summed E-state index contributed by atoms with van der Waals surface area (Å²) in [5.74, 6) is -0.183. The van der Waals surface area contributed by atoms with E-state index < -0.39 is 5.97 Å². The van der Waals surface area contributed by atoms with Gasteiger partial charge in [-0.1, -0.05) is 31.2 Å². The van der Waals surface area contributed by atoms with Crippen molar-refractivity contribution in [3.63, 3.8) is 0 Å². The molecule has 0 radical (unpaired) electrons. The Morgan fingerprint density at radius 2 is 2.35 bits per heavy atom. The van der Waals surface area contributed by atoms with Crippen LogP contribution in [0.4, 0.5) is 0 Å². The second kappa shape index (κ2) is 8.78. The normalized spacial score (nSPS) is 12.4. The molecule has 0 fully saturated rings. The molecule has 2 rings (SSSR count). The van der Waals surface area contributed by atoms with E-state index in [1.54, 1.807) is 12.5 Å². The van der Waals surface area contributed by atoms with E-state index in [4.69, 9.17) is 9.84 Å². The predicted molar refractivity (Wildman–Crippen MR) is 89.0 cm³/mol. The number of nitrogens with zero attached hydrogens (tertiary/aromatic N) is 1. The van der Waals surface area contributed by atoms with Gasteiger partial charge < -0.3 is 14.8 Å². The third kappa shape index (κ3) is 5.62. The number of carboxylic acids is 1. The van der Waals surface area contributed by atoms with Gasteiger partial charge in [-0.05, 0) is 37.0 Å². The standard InChI is InChI=1S/C18H22N2O3/c1-2-15(18(21)22)8-4-3-6-14-7-5-9-17(10-14)23-12-16-11-19-13-20-16/h3,5-7,9-11,13,15H,2,4,8,12H2,1H3,(H,19,20)(H,21,22). The zero-order valence-corrected chi connectivity index (χ0v) is 13.2. The van der Waals surface area contributed by atoms with Crippen LogP contribution in [-0.4, -0.2) is 21.0 Å². The second-order valence-electron chi connectivity index (χ2n) is 5.36. The Morgan fingerprint density at radius 3 is 3.04 bits per heavy atom. The number of hydrogen-bond donors (Lipinski definition) is 2. The third-order valence-corrected chi connectivity index (χ3v) is 3.64. The third-order valence-electron chi connectivity index (χ3n) is 3.64. The molecule has 122 valence electrons. The van der Waals surface area contributed by atoms with Crippen LogP contribution in [0.3, 0.4) is 0 Å². The van der Waals surface area contributed by atoms with E-state index >= 15 is 0 Å². The summed E-state index contributed by atoms with van der Waals surface area (Å²) in [6.07, 6.45) is 9.45. The number of aliphatic carboxylic acids is 1. The van der Waals surface area contributed by atoms with Crippen molar-refractivity contribution in [2.75, 3.05) is 0 Å². The maximum Gasteiger partial charge on any atom is 0.306 e. The number of imidazole rings is 1. The molecule has 5 heteroatoms. The maximum absolute atomic E-state index is 11.0. The van der Waals surface area contributed by atoms with Crippen LogP contribution in [0.5, 0.6) is 5.75 Å². The minimum Gasteiger partial charge on any atom is -0.487 e. The van der Waals surface area contributed by atoms with Gasteiger partial charge in [-0.3, -0.25) is 4.79 Å². The number of H-pyrrole nitrogens is 1. The molecular formula is C18H22N2O3. The molecule has 0 spiro atoms. The highest BCUT2D eigenvalue weighted by Crippen LogP contribution is 2.17. The molecule has 1 aromatic heterocycles. The topological polar surface area (TPSA) is 75.2 Å².